The van der Waals surface area contributed by atoms with E-state index in [4.69, 9.17) is 0 Å². The van der Waals surface area contributed by atoms with Crippen LogP contribution >= 0.6 is 11.8 Å². The molecule has 0 aliphatic carbocycles. The first kappa shape index (κ1) is 13.0. The Hall–Kier alpha value is -0.470. The lowest BCUT2D eigenvalue weighted by Crippen LogP contribution is -2.43. The van der Waals surface area contributed by atoms with Gasteiger partial charge in [-0.25, -0.2) is 0 Å². The van der Waals surface area contributed by atoms with Crippen LogP contribution in [0.5, 0.6) is 0 Å². The third-order valence-corrected chi connectivity index (χ3v) is 4.55. The van der Waals surface area contributed by atoms with Gasteiger partial charge in [0.2, 0.25) is 0 Å². The van der Waals surface area contributed by atoms with E-state index >= 15 is 0 Å². The van der Waals surface area contributed by atoms with Crippen LogP contribution in [0.2, 0.25) is 0 Å². The molecule has 94 valence electrons. The second-order valence-electron chi connectivity index (χ2n) is 5.99. The zero-order valence-corrected chi connectivity index (χ0v) is 11.9. The van der Waals surface area contributed by atoms with Gasteiger partial charge in [-0.3, -0.25) is 0 Å². The van der Waals surface area contributed by atoms with Gasteiger partial charge in [-0.05, 0) is 41.3 Å². The van der Waals surface area contributed by atoms with Crippen molar-refractivity contribution < 1.29 is 0 Å². The lowest BCUT2D eigenvalue weighted by atomic mass is 9.87. The van der Waals surface area contributed by atoms with Gasteiger partial charge in [-0.2, -0.15) is 11.8 Å². The van der Waals surface area contributed by atoms with E-state index in [1.165, 1.54) is 30.0 Å². The number of thioether (sulfide) groups is 1. The first-order chi connectivity index (χ1) is 8.05. The SMILES string of the molecule is CC(C)(C)c1ccc(CSCC2CNC2)cc1. The number of nitrogens with one attached hydrogen (secondary N) is 1. The summed E-state index contributed by atoms with van der Waals surface area (Å²) in [6.07, 6.45) is 0. The fourth-order valence-electron chi connectivity index (χ4n) is 1.91. The van der Waals surface area contributed by atoms with E-state index in [2.05, 4.69) is 62.1 Å². The lowest BCUT2D eigenvalue weighted by molar-refractivity contribution is 0.385. The Labute approximate surface area is 109 Å². The Morgan fingerprint density at radius 3 is 2.29 bits per heavy atom. The lowest BCUT2D eigenvalue weighted by Gasteiger charge is -2.26. The van der Waals surface area contributed by atoms with Crippen LogP contribution in [0, 0.1) is 5.92 Å². The van der Waals surface area contributed by atoms with Gasteiger partial charge >= 0.3 is 0 Å². The van der Waals surface area contributed by atoms with Crippen molar-refractivity contribution in [2.24, 2.45) is 5.92 Å². The Kier molecular flexibility index (Phi) is 4.16. The summed E-state index contributed by atoms with van der Waals surface area (Å²) in [4.78, 5) is 0. The van der Waals surface area contributed by atoms with Crippen LogP contribution in [0.3, 0.4) is 0 Å². The van der Waals surface area contributed by atoms with Gasteiger partial charge in [0, 0.05) is 5.75 Å². The fraction of sp³-hybridized carbons (Fsp3) is 0.600. The van der Waals surface area contributed by atoms with E-state index in [0.29, 0.717) is 0 Å². The van der Waals surface area contributed by atoms with Crippen molar-refractivity contribution >= 4 is 11.8 Å². The van der Waals surface area contributed by atoms with E-state index in [0.717, 1.165) is 11.7 Å². The molecule has 1 aromatic carbocycles. The molecule has 0 saturated carbocycles. The predicted octanol–water partition coefficient (Wildman–Crippen LogP) is 3.44. The Morgan fingerprint density at radius 1 is 1.18 bits per heavy atom. The summed E-state index contributed by atoms with van der Waals surface area (Å²) >= 11 is 2.06. The minimum absolute atomic E-state index is 0.267. The quantitative estimate of drug-likeness (QED) is 0.877. The monoisotopic (exact) mass is 249 g/mol. The second kappa shape index (κ2) is 5.45. The molecular formula is C15H23NS. The summed E-state index contributed by atoms with van der Waals surface area (Å²) in [5, 5.41) is 3.32. The average Bonchev–Trinajstić information content (AvgIpc) is 2.21. The van der Waals surface area contributed by atoms with Gasteiger partial charge in [-0.1, -0.05) is 45.0 Å². The summed E-state index contributed by atoms with van der Waals surface area (Å²) < 4.78 is 0. The molecule has 0 atom stereocenters. The summed E-state index contributed by atoms with van der Waals surface area (Å²) in [5.74, 6) is 3.36. The first-order valence-electron chi connectivity index (χ1n) is 6.43. The first-order valence-corrected chi connectivity index (χ1v) is 7.59. The maximum Gasteiger partial charge on any atom is 0.0184 e. The minimum Gasteiger partial charge on any atom is -0.316 e. The van der Waals surface area contributed by atoms with Crippen molar-refractivity contribution in [2.75, 3.05) is 18.8 Å². The molecule has 1 heterocycles. The predicted molar refractivity (Wildman–Crippen MR) is 77.7 cm³/mol. The molecule has 2 rings (SSSR count). The molecule has 0 spiro atoms. The fourth-order valence-corrected chi connectivity index (χ4v) is 3.03. The molecule has 1 aliphatic heterocycles. The van der Waals surface area contributed by atoms with Crippen molar-refractivity contribution in [3.63, 3.8) is 0 Å². The number of hydrogen-bond donors (Lipinski definition) is 1. The highest BCUT2D eigenvalue weighted by Gasteiger charge is 2.16. The van der Waals surface area contributed by atoms with Gasteiger partial charge in [-0.15, -0.1) is 0 Å². The third kappa shape index (κ3) is 3.75. The van der Waals surface area contributed by atoms with Gasteiger partial charge in [0.15, 0.2) is 0 Å². The number of rotatable bonds is 4. The van der Waals surface area contributed by atoms with Crippen molar-refractivity contribution in [1.29, 1.82) is 0 Å². The van der Waals surface area contributed by atoms with Crippen LogP contribution in [0.1, 0.15) is 31.9 Å². The van der Waals surface area contributed by atoms with Gasteiger partial charge in [0.05, 0.1) is 0 Å². The topological polar surface area (TPSA) is 12.0 Å². The zero-order valence-electron chi connectivity index (χ0n) is 11.1. The van der Waals surface area contributed by atoms with Gasteiger partial charge in [0.25, 0.3) is 0 Å². The van der Waals surface area contributed by atoms with E-state index < -0.39 is 0 Å². The van der Waals surface area contributed by atoms with Crippen LogP contribution in [0.4, 0.5) is 0 Å². The summed E-state index contributed by atoms with van der Waals surface area (Å²) in [6.45, 7) is 9.23. The molecule has 0 radical (unpaired) electrons. The molecule has 1 aliphatic rings. The van der Waals surface area contributed by atoms with Crippen LogP contribution in [-0.4, -0.2) is 18.8 Å². The van der Waals surface area contributed by atoms with Crippen LogP contribution in [-0.2, 0) is 11.2 Å². The number of benzene rings is 1. The molecule has 1 aromatic rings. The van der Waals surface area contributed by atoms with Crippen LogP contribution < -0.4 is 5.32 Å². The highest BCUT2D eigenvalue weighted by Crippen LogP contribution is 2.24. The standard InChI is InChI=1S/C15H23NS/c1-15(2,3)14-6-4-12(5-7-14)10-17-11-13-8-16-9-13/h4-7,13,16H,8-11H2,1-3H3. The molecule has 0 unspecified atom stereocenters. The van der Waals surface area contributed by atoms with Crippen LogP contribution in [0.15, 0.2) is 24.3 Å². The van der Waals surface area contributed by atoms with Crippen LogP contribution in [0.25, 0.3) is 0 Å². The normalized spacial score (nSPS) is 16.9. The minimum atomic E-state index is 0.267. The summed E-state index contributed by atoms with van der Waals surface area (Å²) in [7, 11) is 0. The highest BCUT2D eigenvalue weighted by molar-refractivity contribution is 7.98. The van der Waals surface area contributed by atoms with E-state index in [9.17, 15) is 0 Å². The van der Waals surface area contributed by atoms with Crippen molar-refractivity contribution in [1.82, 2.24) is 5.32 Å². The molecule has 0 bridgehead atoms. The molecule has 17 heavy (non-hydrogen) atoms. The van der Waals surface area contributed by atoms with Crippen molar-refractivity contribution in [2.45, 2.75) is 31.9 Å². The number of hydrogen-bond acceptors (Lipinski definition) is 2. The molecule has 0 aromatic heterocycles. The smallest absolute Gasteiger partial charge is 0.0184 e. The maximum atomic E-state index is 3.32. The molecule has 0 amide bonds. The van der Waals surface area contributed by atoms with E-state index in [-0.39, 0.29) is 5.41 Å². The Morgan fingerprint density at radius 2 is 1.82 bits per heavy atom. The van der Waals surface area contributed by atoms with E-state index in [1.807, 2.05) is 0 Å². The van der Waals surface area contributed by atoms with E-state index in [1.54, 1.807) is 0 Å². The third-order valence-electron chi connectivity index (χ3n) is 3.31. The Balaban J connectivity index is 1.81. The molecule has 2 heteroatoms. The molecule has 1 fully saturated rings. The molecule has 1 nitrogen and oxygen atoms in total. The molecule has 1 saturated heterocycles. The zero-order chi connectivity index (χ0) is 12.3. The van der Waals surface area contributed by atoms with Crippen molar-refractivity contribution in [3.8, 4) is 0 Å². The molecule has 1 N–H and O–H groups in total. The highest BCUT2D eigenvalue weighted by atomic mass is 32.2. The second-order valence-corrected chi connectivity index (χ2v) is 7.02. The Bertz CT molecular complexity index is 346. The van der Waals surface area contributed by atoms with Crippen molar-refractivity contribution in [3.05, 3.63) is 35.4 Å². The molecular weight excluding hydrogens is 226 g/mol. The summed E-state index contributed by atoms with van der Waals surface area (Å²) in [5.41, 5.74) is 3.15. The summed E-state index contributed by atoms with van der Waals surface area (Å²) in [6, 6.07) is 9.13. The maximum absolute atomic E-state index is 3.32. The van der Waals surface area contributed by atoms with Gasteiger partial charge < -0.3 is 5.32 Å². The van der Waals surface area contributed by atoms with Gasteiger partial charge in [0.1, 0.15) is 0 Å². The largest absolute Gasteiger partial charge is 0.316 e. The average molecular weight is 249 g/mol.